The first-order valence-electron chi connectivity index (χ1n) is 6.71. The molecule has 1 aromatic heterocycles. The predicted octanol–water partition coefficient (Wildman–Crippen LogP) is 1.34. The Labute approximate surface area is 114 Å². The first-order chi connectivity index (χ1) is 9.11. The average molecular weight is 268 g/mol. The van der Waals surface area contributed by atoms with E-state index < -0.39 is 0 Å². The van der Waals surface area contributed by atoms with Gasteiger partial charge in [-0.1, -0.05) is 0 Å². The number of anilines is 1. The van der Waals surface area contributed by atoms with Crippen LogP contribution in [0.3, 0.4) is 0 Å². The number of ether oxygens (including phenoxy) is 1. The number of nitrogens with one attached hydrogen (secondary N) is 1. The number of nitrogen functional groups attached to an aromatic ring is 1. The molecule has 6 heteroatoms. The molecule has 0 spiro atoms. The number of nitrogens with zero attached hydrogens (tertiary/aromatic N) is 2. The summed E-state index contributed by atoms with van der Waals surface area (Å²) in [6.07, 6.45) is 2.99. The molecule has 0 atom stereocenters. The van der Waals surface area contributed by atoms with Gasteiger partial charge in [-0.05, 0) is 33.1 Å². The van der Waals surface area contributed by atoms with Gasteiger partial charge in [0.15, 0.2) is 0 Å². The van der Waals surface area contributed by atoms with Crippen molar-refractivity contribution < 1.29 is 9.53 Å². The smallest absolute Gasteiger partial charge is 0.271 e. The van der Waals surface area contributed by atoms with E-state index in [1.807, 2.05) is 13.8 Å². The van der Waals surface area contributed by atoms with Gasteiger partial charge in [-0.25, -0.2) is 0 Å². The van der Waals surface area contributed by atoms with E-state index in [2.05, 4.69) is 10.4 Å². The van der Waals surface area contributed by atoms with E-state index in [9.17, 15) is 4.79 Å². The topological polar surface area (TPSA) is 82.2 Å². The maximum Gasteiger partial charge on any atom is 0.271 e. The summed E-state index contributed by atoms with van der Waals surface area (Å²) in [6, 6.07) is 0. The first kappa shape index (κ1) is 15.5. The van der Waals surface area contributed by atoms with E-state index >= 15 is 0 Å². The molecule has 0 aliphatic carbocycles. The second-order valence-electron chi connectivity index (χ2n) is 4.47. The molecule has 0 aliphatic rings. The van der Waals surface area contributed by atoms with Crippen molar-refractivity contribution in [2.45, 2.75) is 39.7 Å². The molecule has 1 heterocycles. The Morgan fingerprint density at radius 2 is 2.16 bits per heavy atom. The van der Waals surface area contributed by atoms with Crippen LogP contribution < -0.4 is 11.1 Å². The Hall–Kier alpha value is -1.56. The Morgan fingerprint density at radius 3 is 2.79 bits per heavy atom. The molecule has 0 fully saturated rings. The fraction of sp³-hybridized carbons (Fsp3) is 0.692. The summed E-state index contributed by atoms with van der Waals surface area (Å²) in [7, 11) is 1.69. The summed E-state index contributed by atoms with van der Waals surface area (Å²) in [5.74, 6) is -0.147. The zero-order valence-corrected chi connectivity index (χ0v) is 12.0. The average Bonchev–Trinajstić information content (AvgIpc) is 2.69. The van der Waals surface area contributed by atoms with Gasteiger partial charge >= 0.3 is 0 Å². The van der Waals surface area contributed by atoms with Gasteiger partial charge in [-0.15, -0.1) is 0 Å². The fourth-order valence-corrected chi connectivity index (χ4v) is 1.90. The van der Waals surface area contributed by atoms with Crippen LogP contribution in [-0.4, -0.2) is 35.9 Å². The fourth-order valence-electron chi connectivity index (χ4n) is 1.90. The molecule has 0 saturated carbocycles. The van der Waals surface area contributed by atoms with Gasteiger partial charge in [-0.3, -0.25) is 9.48 Å². The molecule has 1 rings (SSSR count). The minimum Gasteiger partial charge on any atom is -0.395 e. The molecule has 3 N–H and O–H groups in total. The molecule has 0 radical (unpaired) electrons. The summed E-state index contributed by atoms with van der Waals surface area (Å²) in [4.78, 5) is 12.1. The normalized spacial score (nSPS) is 10.7. The summed E-state index contributed by atoms with van der Waals surface area (Å²) in [5.41, 5.74) is 7.53. The second kappa shape index (κ2) is 7.78. The summed E-state index contributed by atoms with van der Waals surface area (Å²) < 4.78 is 6.62. The van der Waals surface area contributed by atoms with Crippen molar-refractivity contribution >= 4 is 11.6 Å². The highest BCUT2D eigenvalue weighted by molar-refractivity contribution is 5.97. The maximum atomic E-state index is 12.1. The lowest BCUT2D eigenvalue weighted by Gasteiger charge is -2.07. The number of aryl methyl sites for hydroxylation is 2. The number of rotatable bonds is 8. The summed E-state index contributed by atoms with van der Waals surface area (Å²) in [5, 5.41) is 7.12. The van der Waals surface area contributed by atoms with Gasteiger partial charge in [0.1, 0.15) is 5.69 Å². The van der Waals surface area contributed by atoms with Crippen LogP contribution in [0.25, 0.3) is 0 Å². The molecule has 1 aromatic rings. The standard InChI is InChI=1S/C13H24N4O2/c1-4-17-12(11(14)10(2)16-17)13(18)15-8-6-5-7-9-19-3/h4-9,14H2,1-3H3,(H,15,18). The van der Waals surface area contributed by atoms with Gasteiger partial charge in [0, 0.05) is 26.8 Å². The third-order valence-electron chi connectivity index (χ3n) is 3.00. The Balaban J connectivity index is 2.45. The Kier molecular flexibility index (Phi) is 6.35. The van der Waals surface area contributed by atoms with E-state index in [-0.39, 0.29) is 5.91 Å². The van der Waals surface area contributed by atoms with Gasteiger partial charge in [0.05, 0.1) is 11.4 Å². The molecular weight excluding hydrogens is 244 g/mol. The molecule has 0 aromatic carbocycles. The highest BCUT2D eigenvalue weighted by atomic mass is 16.5. The Bertz CT molecular complexity index is 415. The number of carbonyl (C=O) groups is 1. The van der Waals surface area contributed by atoms with Crippen molar-refractivity contribution in [3.05, 3.63) is 11.4 Å². The van der Waals surface area contributed by atoms with Gasteiger partial charge in [-0.2, -0.15) is 5.10 Å². The van der Waals surface area contributed by atoms with Gasteiger partial charge < -0.3 is 15.8 Å². The number of carbonyl (C=O) groups excluding carboxylic acids is 1. The monoisotopic (exact) mass is 268 g/mol. The van der Waals surface area contributed by atoms with E-state index in [1.165, 1.54) is 0 Å². The van der Waals surface area contributed by atoms with Crippen molar-refractivity contribution in [1.82, 2.24) is 15.1 Å². The van der Waals surface area contributed by atoms with Crippen LogP contribution >= 0.6 is 0 Å². The zero-order chi connectivity index (χ0) is 14.3. The molecule has 108 valence electrons. The lowest BCUT2D eigenvalue weighted by Crippen LogP contribution is -2.27. The molecule has 6 nitrogen and oxygen atoms in total. The lowest BCUT2D eigenvalue weighted by molar-refractivity contribution is 0.0943. The zero-order valence-electron chi connectivity index (χ0n) is 12.0. The molecule has 0 unspecified atom stereocenters. The third-order valence-corrected chi connectivity index (χ3v) is 3.00. The predicted molar refractivity (Wildman–Crippen MR) is 75.1 cm³/mol. The van der Waals surface area contributed by atoms with Crippen molar-refractivity contribution in [2.75, 3.05) is 26.0 Å². The van der Waals surface area contributed by atoms with Crippen molar-refractivity contribution in [3.63, 3.8) is 0 Å². The minimum atomic E-state index is -0.147. The number of unbranched alkanes of at least 4 members (excludes halogenated alkanes) is 2. The van der Waals surface area contributed by atoms with E-state index in [1.54, 1.807) is 11.8 Å². The second-order valence-corrected chi connectivity index (χ2v) is 4.47. The van der Waals surface area contributed by atoms with Gasteiger partial charge in [0.25, 0.3) is 5.91 Å². The molecule has 0 saturated heterocycles. The number of nitrogens with two attached hydrogens (primary N) is 1. The lowest BCUT2D eigenvalue weighted by atomic mass is 10.2. The Morgan fingerprint density at radius 1 is 1.42 bits per heavy atom. The minimum absolute atomic E-state index is 0.147. The van der Waals surface area contributed by atoms with E-state index in [0.29, 0.717) is 30.2 Å². The number of hydrogen-bond donors (Lipinski definition) is 2. The number of aromatic nitrogens is 2. The van der Waals surface area contributed by atoms with Crippen LogP contribution in [0.2, 0.25) is 0 Å². The highest BCUT2D eigenvalue weighted by Crippen LogP contribution is 2.16. The molecule has 0 aliphatic heterocycles. The van der Waals surface area contributed by atoms with Crippen LogP contribution in [-0.2, 0) is 11.3 Å². The first-order valence-corrected chi connectivity index (χ1v) is 6.71. The summed E-state index contributed by atoms with van der Waals surface area (Å²) in [6.45, 7) is 5.80. The van der Waals surface area contributed by atoms with Crippen LogP contribution in [0.5, 0.6) is 0 Å². The number of hydrogen-bond acceptors (Lipinski definition) is 4. The summed E-state index contributed by atoms with van der Waals surface area (Å²) >= 11 is 0. The highest BCUT2D eigenvalue weighted by Gasteiger charge is 2.18. The van der Waals surface area contributed by atoms with Crippen molar-refractivity contribution in [1.29, 1.82) is 0 Å². The number of methoxy groups -OCH3 is 1. The van der Waals surface area contributed by atoms with E-state index in [4.69, 9.17) is 10.5 Å². The number of amides is 1. The van der Waals surface area contributed by atoms with E-state index in [0.717, 1.165) is 25.9 Å². The van der Waals surface area contributed by atoms with Crippen LogP contribution in [0.15, 0.2) is 0 Å². The third kappa shape index (κ3) is 4.24. The quantitative estimate of drug-likeness (QED) is 0.697. The molecular formula is C13H24N4O2. The maximum absolute atomic E-state index is 12.1. The molecule has 0 bridgehead atoms. The van der Waals surface area contributed by atoms with Crippen molar-refractivity contribution in [2.24, 2.45) is 0 Å². The van der Waals surface area contributed by atoms with Crippen molar-refractivity contribution in [3.8, 4) is 0 Å². The SMILES string of the molecule is CCn1nc(C)c(N)c1C(=O)NCCCCCOC. The largest absolute Gasteiger partial charge is 0.395 e. The van der Waals surface area contributed by atoms with Crippen LogP contribution in [0.4, 0.5) is 5.69 Å². The van der Waals surface area contributed by atoms with Crippen LogP contribution in [0, 0.1) is 6.92 Å². The molecule has 1 amide bonds. The van der Waals surface area contributed by atoms with Crippen LogP contribution in [0.1, 0.15) is 42.4 Å². The molecule has 19 heavy (non-hydrogen) atoms. The van der Waals surface area contributed by atoms with Gasteiger partial charge in [0.2, 0.25) is 0 Å².